The molecule has 2 rings (SSSR count). The number of para-hydroxylation sites is 1. The standard InChI is InChI=1S/C15H21NO2/c1-11-8-9-16(10-15(11)18-3)14-7-5-4-6-13(14)12(2)17/h4-7,11,15H,8-10H2,1-3H3. The topological polar surface area (TPSA) is 29.5 Å². The van der Waals surface area contributed by atoms with Crippen molar-refractivity contribution in [1.82, 2.24) is 0 Å². The lowest BCUT2D eigenvalue weighted by Crippen LogP contribution is -2.44. The van der Waals surface area contributed by atoms with Crippen molar-refractivity contribution in [3.63, 3.8) is 0 Å². The molecule has 1 aliphatic heterocycles. The van der Waals surface area contributed by atoms with Crippen LogP contribution in [0.2, 0.25) is 0 Å². The Hall–Kier alpha value is -1.35. The van der Waals surface area contributed by atoms with E-state index in [2.05, 4.69) is 11.8 Å². The van der Waals surface area contributed by atoms with E-state index in [1.165, 1.54) is 0 Å². The molecule has 0 N–H and O–H groups in total. The molecule has 1 heterocycles. The summed E-state index contributed by atoms with van der Waals surface area (Å²) in [4.78, 5) is 13.9. The summed E-state index contributed by atoms with van der Waals surface area (Å²) in [5, 5.41) is 0. The van der Waals surface area contributed by atoms with Gasteiger partial charge >= 0.3 is 0 Å². The predicted octanol–water partition coefficient (Wildman–Crippen LogP) is 2.75. The first-order chi connectivity index (χ1) is 8.63. The van der Waals surface area contributed by atoms with Crippen molar-refractivity contribution in [3.8, 4) is 0 Å². The summed E-state index contributed by atoms with van der Waals surface area (Å²) < 4.78 is 5.53. The number of rotatable bonds is 3. The molecule has 2 unspecified atom stereocenters. The van der Waals surface area contributed by atoms with E-state index in [9.17, 15) is 4.79 Å². The number of nitrogens with zero attached hydrogens (tertiary/aromatic N) is 1. The third-order valence-electron chi connectivity index (χ3n) is 3.82. The number of methoxy groups -OCH3 is 1. The van der Waals surface area contributed by atoms with Crippen LogP contribution in [0.5, 0.6) is 0 Å². The summed E-state index contributed by atoms with van der Waals surface area (Å²) in [6.07, 6.45) is 1.35. The predicted molar refractivity (Wildman–Crippen MR) is 73.2 cm³/mol. The molecule has 1 aliphatic rings. The molecular formula is C15H21NO2. The zero-order valence-electron chi connectivity index (χ0n) is 11.3. The minimum atomic E-state index is 0.123. The zero-order valence-corrected chi connectivity index (χ0v) is 11.3. The summed E-state index contributed by atoms with van der Waals surface area (Å²) in [6.45, 7) is 5.70. The Morgan fingerprint density at radius 1 is 1.39 bits per heavy atom. The molecule has 1 aromatic rings. The van der Waals surface area contributed by atoms with Crippen molar-refractivity contribution in [2.45, 2.75) is 26.4 Å². The van der Waals surface area contributed by atoms with Gasteiger partial charge < -0.3 is 9.64 Å². The molecule has 0 bridgehead atoms. The maximum Gasteiger partial charge on any atom is 0.161 e. The number of ether oxygens (including phenoxy) is 1. The first kappa shape index (κ1) is 13.1. The highest BCUT2D eigenvalue weighted by Gasteiger charge is 2.27. The van der Waals surface area contributed by atoms with Gasteiger partial charge in [-0.1, -0.05) is 19.1 Å². The van der Waals surface area contributed by atoms with Gasteiger partial charge in [-0.15, -0.1) is 0 Å². The molecule has 0 aromatic heterocycles. The van der Waals surface area contributed by atoms with Gasteiger partial charge in [-0.2, -0.15) is 0 Å². The number of ketones is 1. The fraction of sp³-hybridized carbons (Fsp3) is 0.533. The van der Waals surface area contributed by atoms with E-state index < -0.39 is 0 Å². The summed E-state index contributed by atoms with van der Waals surface area (Å²) in [6, 6.07) is 7.83. The van der Waals surface area contributed by atoms with Gasteiger partial charge in [0.15, 0.2) is 5.78 Å². The van der Waals surface area contributed by atoms with Gasteiger partial charge in [0.1, 0.15) is 0 Å². The van der Waals surface area contributed by atoms with Gasteiger partial charge in [0.05, 0.1) is 6.10 Å². The lowest BCUT2D eigenvalue weighted by molar-refractivity contribution is 0.0498. The molecule has 0 amide bonds. The second-order valence-corrected chi connectivity index (χ2v) is 5.06. The van der Waals surface area contributed by atoms with Gasteiger partial charge in [-0.3, -0.25) is 4.79 Å². The number of hydrogen-bond donors (Lipinski definition) is 0. The molecule has 1 aromatic carbocycles. The van der Waals surface area contributed by atoms with Crippen molar-refractivity contribution >= 4 is 11.5 Å². The van der Waals surface area contributed by atoms with Crippen molar-refractivity contribution in [2.75, 3.05) is 25.1 Å². The Morgan fingerprint density at radius 3 is 2.78 bits per heavy atom. The SMILES string of the molecule is COC1CN(c2ccccc2C(C)=O)CCC1C. The first-order valence-corrected chi connectivity index (χ1v) is 6.51. The van der Waals surface area contributed by atoms with Gasteiger partial charge in [0, 0.05) is 31.5 Å². The fourth-order valence-electron chi connectivity index (χ4n) is 2.61. The van der Waals surface area contributed by atoms with Crippen molar-refractivity contribution < 1.29 is 9.53 Å². The third kappa shape index (κ3) is 2.56. The average molecular weight is 247 g/mol. The highest BCUT2D eigenvalue weighted by atomic mass is 16.5. The molecule has 0 saturated carbocycles. The number of carbonyl (C=O) groups excluding carboxylic acids is 1. The van der Waals surface area contributed by atoms with Gasteiger partial charge in [-0.05, 0) is 31.4 Å². The van der Waals surface area contributed by atoms with E-state index >= 15 is 0 Å². The van der Waals surface area contributed by atoms with Gasteiger partial charge in [0.25, 0.3) is 0 Å². The molecule has 2 atom stereocenters. The Bertz CT molecular complexity index is 430. The monoisotopic (exact) mass is 247 g/mol. The van der Waals surface area contributed by atoms with Crippen LogP contribution in [-0.4, -0.2) is 32.1 Å². The maximum absolute atomic E-state index is 11.7. The molecule has 1 saturated heterocycles. The van der Waals surface area contributed by atoms with Gasteiger partial charge in [0.2, 0.25) is 0 Å². The number of hydrogen-bond acceptors (Lipinski definition) is 3. The molecule has 0 radical (unpaired) electrons. The molecule has 18 heavy (non-hydrogen) atoms. The van der Waals surface area contributed by atoms with Crippen LogP contribution in [0.1, 0.15) is 30.6 Å². The fourth-order valence-corrected chi connectivity index (χ4v) is 2.61. The Balaban J connectivity index is 2.24. The van der Waals surface area contributed by atoms with Gasteiger partial charge in [-0.25, -0.2) is 0 Å². The molecule has 0 aliphatic carbocycles. The lowest BCUT2D eigenvalue weighted by Gasteiger charge is -2.38. The number of benzene rings is 1. The van der Waals surface area contributed by atoms with E-state index in [0.29, 0.717) is 5.92 Å². The van der Waals surface area contributed by atoms with E-state index in [1.54, 1.807) is 14.0 Å². The molecule has 3 heteroatoms. The summed E-state index contributed by atoms with van der Waals surface area (Å²) >= 11 is 0. The Morgan fingerprint density at radius 2 is 2.11 bits per heavy atom. The third-order valence-corrected chi connectivity index (χ3v) is 3.82. The highest BCUT2D eigenvalue weighted by molar-refractivity contribution is 5.99. The molecule has 0 spiro atoms. The van der Waals surface area contributed by atoms with E-state index in [1.807, 2.05) is 24.3 Å². The summed E-state index contributed by atoms with van der Waals surface area (Å²) in [5.41, 5.74) is 1.85. The number of piperidine rings is 1. The normalized spacial score (nSPS) is 24.1. The number of carbonyl (C=O) groups is 1. The van der Waals surface area contributed by atoms with Crippen LogP contribution >= 0.6 is 0 Å². The van der Waals surface area contributed by atoms with Crippen molar-refractivity contribution in [1.29, 1.82) is 0 Å². The largest absolute Gasteiger partial charge is 0.379 e. The average Bonchev–Trinajstić information content (AvgIpc) is 2.39. The maximum atomic E-state index is 11.7. The smallest absolute Gasteiger partial charge is 0.161 e. The molecule has 98 valence electrons. The second-order valence-electron chi connectivity index (χ2n) is 5.06. The van der Waals surface area contributed by atoms with Crippen LogP contribution in [0.25, 0.3) is 0 Å². The molecule has 1 fully saturated rings. The van der Waals surface area contributed by atoms with Crippen LogP contribution in [0.3, 0.4) is 0 Å². The summed E-state index contributed by atoms with van der Waals surface area (Å²) in [5.74, 6) is 0.703. The first-order valence-electron chi connectivity index (χ1n) is 6.51. The Labute approximate surface area is 109 Å². The number of Topliss-reactive ketones (excluding diaryl/α,β-unsaturated/α-hetero) is 1. The van der Waals surface area contributed by atoms with E-state index in [0.717, 1.165) is 30.8 Å². The van der Waals surface area contributed by atoms with Crippen molar-refractivity contribution in [2.24, 2.45) is 5.92 Å². The van der Waals surface area contributed by atoms with Crippen LogP contribution in [0.15, 0.2) is 24.3 Å². The summed E-state index contributed by atoms with van der Waals surface area (Å²) in [7, 11) is 1.77. The highest BCUT2D eigenvalue weighted by Crippen LogP contribution is 2.27. The Kier molecular flexibility index (Phi) is 4.02. The van der Waals surface area contributed by atoms with Crippen LogP contribution < -0.4 is 4.90 Å². The quantitative estimate of drug-likeness (QED) is 0.769. The number of anilines is 1. The van der Waals surface area contributed by atoms with Crippen LogP contribution in [0, 0.1) is 5.92 Å². The van der Waals surface area contributed by atoms with E-state index in [-0.39, 0.29) is 11.9 Å². The molecular weight excluding hydrogens is 226 g/mol. The van der Waals surface area contributed by atoms with Crippen LogP contribution in [0.4, 0.5) is 5.69 Å². The lowest BCUT2D eigenvalue weighted by atomic mass is 9.94. The second kappa shape index (κ2) is 5.53. The van der Waals surface area contributed by atoms with E-state index in [4.69, 9.17) is 4.74 Å². The minimum Gasteiger partial charge on any atom is -0.379 e. The molecule has 3 nitrogen and oxygen atoms in total. The minimum absolute atomic E-state index is 0.123. The van der Waals surface area contributed by atoms with Crippen LogP contribution in [-0.2, 0) is 4.74 Å². The zero-order chi connectivity index (χ0) is 13.1. The van der Waals surface area contributed by atoms with Crippen molar-refractivity contribution in [3.05, 3.63) is 29.8 Å².